The predicted octanol–water partition coefficient (Wildman–Crippen LogP) is 2.45. The Morgan fingerprint density at radius 2 is 2.24 bits per heavy atom. The maximum absolute atomic E-state index is 11.8. The lowest BCUT2D eigenvalue weighted by Crippen LogP contribution is -2.09. The van der Waals surface area contributed by atoms with E-state index in [1.807, 2.05) is 0 Å². The number of halogens is 2. The Hall–Kier alpha value is -0.880. The minimum atomic E-state index is -2.42. The topological polar surface area (TPSA) is 37.9 Å². The number of H-pyrrole nitrogens is 1. The third kappa shape index (κ3) is 3.29. The van der Waals surface area contributed by atoms with Gasteiger partial charge in [-0.05, 0) is 19.3 Å². The molecule has 0 bridgehead atoms. The summed E-state index contributed by atoms with van der Waals surface area (Å²) in [5.41, 5.74) is 2.28. The van der Waals surface area contributed by atoms with Crippen LogP contribution in [-0.4, -0.2) is 29.6 Å². The highest BCUT2D eigenvalue weighted by molar-refractivity contribution is 7.71. The van der Waals surface area contributed by atoms with Gasteiger partial charge in [0.25, 0.3) is 6.43 Å². The lowest BCUT2D eigenvalue weighted by Gasteiger charge is -2.06. The maximum Gasteiger partial charge on any atom is 0.261 e. The summed E-state index contributed by atoms with van der Waals surface area (Å²) in [6, 6.07) is 0. The highest BCUT2D eigenvalue weighted by Gasteiger charge is 2.14. The van der Waals surface area contributed by atoms with E-state index in [2.05, 4.69) is 9.97 Å². The van der Waals surface area contributed by atoms with Crippen LogP contribution in [0.4, 0.5) is 8.78 Å². The minimum absolute atomic E-state index is 0.238. The van der Waals surface area contributed by atoms with E-state index in [1.165, 1.54) is 0 Å². The molecule has 1 N–H and O–H groups in total. The number of aromatic amines is 1. The molecule has 6 heteroatoms. The van der Waals surface area contributed by atoms with Crippen molar-refractivity contribution in [3.63, 3.8) is 0 Å². The Morgan fingerprint density at radius 1 is 1.41 bits per heavy atom. The fourth-order valence-electron chi connectivity index (χ4n) is 1.97. The fourth-order valence-corrected chi connectivity index (χ4v) is 2.30. The van der Waals surface area contributed by atoms with Gasteiger partial charge in [-0.1, -0.05) is 12.2 Å². The van der Waals surface area contributed by atoms with Crippen LogP contribution in [0.25, 0.3) is 0 Å². The molecule has 2 rings (SSSR count). The van der Waals surface area contributed by atoms with Crippen molar-refractivity contribution in [3.8, 4) is 0 Å². The lowest BCUT2D eigenvalue weighted by atomic mass is 10.2. The summed E-state index contributed by atoms with van der Waals surface area (Å²) in [5.74, 6) is 0.727. The Bertz CT molecular complexity index is 448. The molecule has 1 aromatic rings. The van der Waals surface area contributed by atoms with Crippen LogP contribution in [0.3, 0.4) is 0 Å². The van der Waals surface area contributed by atoms with Crippen LogP contribution in [0.15, 0.2) is 0 Å². The van der Waals surface area contributed by atoms with Gasteiger partial charge in [0.2, 0.25) is 0 Å². The standard InChI is InChI=1S/C11H14F2N2OS/c12-9(13)6-16-5-4-10-14-8-3-1-2-7(8)11(17)15-10/h9H,1-6H2,(H,14,15,17). The first-order chi connectivity index (χ1) is 8.16. The van der Waals surface area contributed by atoms with Crippen molar-refractivity contribution in [3.05, 3.63) is 21.7 Å². The second kappa shape index (κ2) is 5.64. The summed E-state index contributed by atoms with van der Waals surface area (Å²) in [6.07, 6.45) is 1.15. The van der Waals surface area contributed by atoms with E-state index in [4.69, 9.17) is 17.0 Å². The lowest BCUT2D eigenvalue weighted by molar-refractivity contribution is 0.0182. The van der Waals surface area contributed by atoms with Crippen LogP contribution in [0, 0.1) is 4.64 Å². The molecule has 0 radical (unpaired) electrons. The van der Waals surface area contributed by atoms with Gasteiger partial charge in [-0.2, -0.15) is 0 Å². The molecule has 94 valence electrons. The molecule has 0 saturated heterocycles. The molecule has 3 nitrogen and oxygen atoms in total. The van der Waals surface area contributed by atoms with E-state index in [0.29, 0.717) is 11.1 Å². The zero-order valence-corrected chi connectivity index (χ0v) is 10.2. The van der Waals surface area contributed by atoms with Crippen LogP contribution in [0.2, 0.25) is 0 Å². The Kier molecular flexibility index (Phi) is 4.17. The van der Waals surface area contributed by atoms with Crippen molar-refractivity contribution in [2.45, 2.75) is 32.1 Å². The quantitative estimate of drug-likeness (QED) is 0.653. The van der Waals surface area contributed by atoms with Gasteiger partial charge in [0, 0.05) is 17.7 Å². The molecule has 0 unspecified atom stereocenters. The van der Waals surface area contributed by atoms with Crippen LogP contribution in [-0.2, 0) is 24.0 Å². The van der Waals surface area contributed by atoms with Crippen LogP contribution in [0.5, 0.6) is 0 Å². The largest absolute Gasteiger partial charge is 0.375 e. The Balaban J connectivity index is 1.94. The first-order valence-corrected chi connectivity index (χ1v) is 6.04. The van der Waals surface area contributed by atoms with Gasteiger partial charge >= 0.3 is 0 Å². The average Bonchev–Trinajstić information content (AvgIpc) is 2.72. The first-order valence-electron chi connectivity index (χ1n) is 5.63. The number of nitrogens with zero attached hydrogens (tertiary/aromatic N) is 1. The Labute approximate surface area is 103 Å². The summed E-state index contributed by atoms with van der Waals surface area (Å²) >= 11 is 5.19. The second-order valence-electron chi connectivity index (χ2n) is 4.02. The number of aryl methyl sites for hydroxylation is 1. The number of fused-ring (bicyclic) bond motifs is 1. The average molecular weight is 260 g/mol. The number of hydrogen-bond donors (Lipinski definition) is 1. The summed E-state index contributed by atoms with van der Waals surface area (Å²) in [5, 5.41) is 0. The van der Waals surface area contributed by atoms with Crippen molar-refractivity contribution in [1.82, 2.24) is 9.97 Å². The minimum Gasteiger partial charge on any atom is -0.375 e. The summed E-state index contributed by atoms with van der Waals surface area (Å²) < 4.78 is 29.1. The number of aromatic nitrogens is 2. The molecule has 0 saturated carbocycles. The smallest absolute Gasteiger partial charge is 0.261 e. The molecule has 0 aromatic carbocycles. The highest BCUT2D eigenvalue weighted by Crippen LogP contribution is 2.20. The molecule has 0 fully saturated rings. The van der Waals surface area contributed by atoms with E-state index in [1.54, 1.807) is 0 Å². The first kappa shape index (κ1) is 12.6. The van der Waals surface area contributed by atoms with Crippen molar-refractivity contribution in [2.75, 3.05) is 13.2 Å². The van der Waals surface area contributed by atoms with E-state index < -0.39 is 13.0 Å². The third-order valence-electron chi connectivity index (χ3n) is 2.73. The summed E-state index contributed by atoms with van der Waals surface area (Å²) in [7, 11) is 0. The zero-order chi connectivity index (χ0) is 12.3. The van der Waals surface area contributed by atoms with E-state index >= 15 is 0 Å². The van der Waals surface area contributed by atoms with Gasteiger partial charge < -0.3 is 9.72 Å². The van der Waals surface area contributed by atoms with Crippen LogP contribution in [0.1, 0.15) is 23.5 Å². The molecule has 0 spiro atoms. The molecule has 1 heterocycles. The summed E-state index contributed by atoms with van der Waals surface area (Å²) in [4.78, 5) is 7.46. The molecule has 1 aliphatic carbocycles. The number of rotatable bonds is 5. The highest BCUT2D eigenvalue weighted by atomic mass is 32.1. The van der Waals surface area contributed by atoms with Gasteiger partial charge in [-0.3, -0.25) is 0 Å². The Morgan fingerprint density at radius 3 is 3.00 bits per heavy atom. The van der Waals surface area contributed by atoms with Crippen molar-refractivity contribution >= 4 is 12.2 Å². The van der Waals surface area contributed by atoms with Gasteiger partial charge in [-0.25, -0.2) is 13.8 Å². The van der Waals surface area contributed by atoms with Crippen LogP contribution >= 0.6 is 12.2 Å². The molecule has 17 heavy (non-hydrogen) atoms. The molecule has 1 aliphatic rings. The molecule has 0 atom stereocenters. The van der Waals surface area contributed by atoms with Gasteiger partial charge in [0.05, 0.1) is 6.61 Å². The fraction of sp³-hybridized carbons (Fsp3) is 0.636. The molecular weight excluding hydrogens is 246 g/mol. The van der Waals surface area contributed by atoms with E-state index in [0.717, 1.165) is 36.3 Å². The normalized spacial score (nSPS) is 14.3. The zero-order valence-electron chi connectivity index (χ0n) is 9.34. The van der Waals surface area contributed by atoms with Gasteiger partial charge in [0.1, 0.15) is 17.1 Å². The molecule has 0 aliphatic heterocycles. The molecule has 1 aromatic heterocycles. The van der Waals surface area contributed by atoms with Gasteiger partial charge in [0.15, 0.2) is 0 Å². The maximum atomic E-state index is 11.8. The number of nitrogens with one attached hydrogen (secondary N) is 1. The van der Waals surface area contributed by atoms with Crippen LogP contribution < -0.4 is 0 Å². The number of hydrogen-bond acceptors (Lipinski definition) is 3. The number of ether oxygens (including phenoxy) is 1. The van der Waals surface area contributed by atoms with Gasteiger partial charge in [-0.15, -0.1) is 0 Å². The van der Waals surface area contributed by atoms with Crippen molar-refractivity contribution < 1.29 is 13.5 Å². The monoisotopic (exact) mass is 260 g/mol. The van der Waals surface area contributed by atoms with E-state index in [-0.39, 0.29) is 6.61 Å². The summed E-state index contributed by atoms with van der Waals surface area (Å²) in [6.45, 7) is -0.285. The van der Waals surface area contributed by atoms with Crippen molar-refractivity contribution in [1.29, 1.82) is 0 Å². The third-order valence-corrected chi connectivity index (χ3v) is 3.07. The van der Waals surface area contributed by atoms with E-state index in [9.17, 15) is 8.78 Å². The molecular formula is C11H14F2N2OS. The predicted molar refractivity (Wildman–Crippen MR) is 62.0 cm³/mol. The SMILES string of the molecule is FC(F)COCCc1nc(=S)c2c([nH]1)CCC2. The number of alkyl halides is 2. The molecule has 0 amide bonds. The second-order valence-corrected chi connectivity index (χ2v) is 4.40. The van der Waals surface area contributed by atoms with Crippen molar-refractivity contribution in [2.24, 2.45) is 0 Å².